The fraction of sp³-hybridized carbons (Fsp3) is 0.400. The number of rotatable bonds is 6. The van der Waals surface area contributed by atoms with Crippen molar-refractivity contribution in [3.05, 3.63) is 56.4 Å². The highest BCUT2D eigenvalue weighted by molar-refractivity contribution is 7.18. The van der Waals surface area contributed by atoms with Gasteiger partial charge in [0.05, 0.1) is 15.4 Å². The van der Waals surface area contributed by atoms with Crippen molar-refractivity contribution in [1.82, 2.24) is 20.1 Å². The number of aryl methyl sites for hydroxylation is 2. The Morgan fingerprint density at radius 1 is 1.22 bits per heavy atom. The summed E-state index contributed by atoms with van der Waals surface area (Å²) in [5.41, 5.74) is 3.08. The lowest BCUT2D eigenvalue weighted by atomic mass is 10.1. The minimum absolute atomic E-state index is 0.114. The Kier molecular flexibility index (Phi) is 5.70. The molecule has 0 aliphatic rings. The van der Waals surface area contributed by atoms with Gasteiger partial charge in [-0.3, -0.25) is 9.59 Å². The second-order valence-corrected chi connectivity index (χ2v) is 7.91. The van der Waals surface area contributed by atoms with E-state index in [4.69, 9.17) is 0 Å². The summed E-state index contributed by atoms with van der Waals surface area (Å²) in [5.74, 6) is -0.000670. The molecule has 1 N–H and O–H groups in total. The first-order chi connectivity index (χ1) is 12.9. The van der Waals surface area contributed by atoms with Crippen LogP contribution in [0.5, 0.6) is 0 Å². The van der Waals surface area contributed by atoms with Crippen molar-refractivity contribution >= 4 is 27.5 Å². The van der Waals surface area contributed by atoms with Gasteiger partial charge in [0, 0.05) is 12.5 Å². The molecule has 0 saturated carbocycles. The molecule has 2 heterocycles. The predicted octanol–water partition coefficient (Wildman–Crippen LogP) is 3.16. The van der Waals surface area contributed by atoms with Gasteiger partial charge in [-0.2, -0.15) is 5.10 Å². The van der Waals surface area contributed by atoms with Crippen LogP contribution >= 0.6 is 11.3 Å². The second kappa shape index (κ2) is 8.00. The van der Waals surface area contributed by atoms with Gasteiger partial charge in [0.2, 0.25) is 5.91 Å². The molecule has 6 nitrogen and oxygen atoms in total. The van der Waals surface area contributed by atoms with Gasteiger partial charge in [-0.05, 0) is 24.5 Å². The summed E-state index contributed by atoms with van der Waals surface area (Å²) in [4.78, 5) is 29.4. The van der Waals surface area contributed by atoms with E-state index in [2.05, 4.69) is 34.5 Å². The highest BCUT2D eigenvalue weighted by atomic mass is 32.1. The van der Waals surface area contributed by atoms with E-state index < -0.39 is 0 Å². The van der Waals surface area contributed by atoms with Crippen molar-refractivity contribution in [2.24, 2.45) is 0 Å². The van der Waals surface area contributed by atoms with E-state index in [0.29, 0.717) is 12.1 Å². The van der Waals surface area contributed by atoms with Crippen molar-refractivity contribution in [3.63, 3.8) is 0 Å². The summed E-state index contributed by atoms with van der Waals surface area (Å²) in [5, 5.41) is 8.06. The molecule has 1 aromatic carbocycles. The van der Waals surface area contributed by atoms with E-state index in [-0.39, 0.29) is 23.9 Å². The monoisotopic (exact) mass is 384 g/mol. The maximum Gasteiger partial charge on any atom is 0.294 e. The van der Waals surface area contributed by atoms with E-state index in [1.54, 1.807) is 0 Å². The summed E-state index contributed by atoms with van der Waals surface area (Å²) in [6.07, 6.45) is 0.984. The third kappa shape index (κ3) is 4.24. The lowest BCUT2D eigenvalue weighted by Gasteiger charge is -2.08. The molecule has 0 fully saturated rings. The van der Waals surface area contributed by atoms with E-state index in [0.717, 1.165) is 27.4 Å². The Morgan fingerprint density at radius 2 is 1.89 bits per heavy atom. The molecule has 7 heteroatoms. The van der Waals surface area contributed by atoms with E-state index in [1.165, 1.54) is 21.6 Å². The Balaban J connectivity index is 1.74. The molecule has 1 amide bonds. The lowest BCUT2D eigenvalue weighted by Crippen LogP contribution is -2.33. The molecule has 0 spiro atoms. The predicted molar refractivity (Wildman–Crippen MR) is 108 cm³/mol. The molecule has 27 heavy (non-hydrogen) atoms. The first-order valence-electron chi connectivity index (χ1n) is 9.11. The molecular formula is C20H24N4O2S. The zero-order valence-corrected chi connectivity index (χ0v) is 16.9. The zero-order chi connectivity index (χ0) is 19.6. The minimum atomic E-state index is -0.318. The Morgan fingerprint density at radius 3 is 2.52 bits per heavy atom. The summed E-state index contributed by atoms with van der Waals surface area (Å²) < 4.78 is 2.01. The van der Waals surface area contributed by atoms with Gasteiger partial charge < -0.3 is 5.32 Å². The quantitative estimate of drug-likeness (QED) is 0.708. The van der Waals surface area contributed by atoms with Crippen LogP contribution in [0.4, 0.5) is 0 Å². The fourth-order valence-corrected chi connectivity index (χ4v) is 3.76. The van der Waals surface area contributed by atoms with Gasteiger partial charge >= 0.3 is 0 Å². The first-order valence-corrected chi connectivity index (χ1v) is 9.93. The maximum absolute atomic E-state index is 12.7. The number of carbonyl (C=O) groups is 1. The SMILES string of the molecule is CCc1ccc(CNC(=O)Cn2nc(C)c3sc(C(C)C)nc3c2=O)cc1. The van der Waals surface area contributed by atoms with Crippen LogP contribution < -0.4 is 10.9 Å². The van der Waals surface area contributed by atoms with Crippen molar-refractivity contribution in [3.8, 4) is 0 Å². The number of nitrogens with zero attached hydrogens (tertiary/aromatic N) is 3. The number of benzene rings is 1. The van der Waals surface area contributed by atoms with E-state index in [1.807, 2.05) is 32.9 Å². The molecule has 3 rings (SSSR count). The molecule has 0 atom stereocenters. The van der Waals surface area contributed by atoms with Crippen LogP contribution in [0.15, 0.2) is 29.1 Å². The number of nitrogens with one attached hydrogen (secondary N) is 1. The van der Waals surface area contributed by atoms with Gasteiger partial charge in [-0.25, -0.2) is 9.67 Å². The zero-order valence-electron chi connectivity index (χ0n) is 16.1. The molecule has 142 valence electrons. The van der Waals surface area contributed by atoms with Crippen LogP contribution in [0.3, 0.4) is 0 Å². The number of carbonyl (C=O) groups excluding carboxylic acids is 1. The van der Waals surface area contributed by atoms with Gasteiger partial charge in [0.1, 0.15) is 6.54 Å². The Hall–Kier alpha value is -2.54. The topological polar surface area (TPSA) is 76.9 Å². The number of hydrogen-bond donors (Lipinski definition) is 1. The molecule has 0 aliphatic carbocycles. The number of thiazole rings is 1. The normalized spacial score (nSPS) is 11.3. The maximum atomic E-state index is 12.7. The highest BCUT2D eigenvalue weighted by Crippen LogP contribution is 2.26. The number of amides is 1. The number of aromatic nitrogens is 3. The number of fused-ring (bicyclic) bond motifs is 1. The van der Waals surface area contributed by atoms with E-state index in [9.17, 15) is 9.59 Å². The van der Waals surface area contributed by atoms with Crippen LogP contribution in [0.2, 0.25) is 0 Å². The summed E-state index contributed by atoms with van der Waals surface area (Å²) >= 11 is 1.50. The first kappa shape index (κ1) is 19.2. The smallest absolute Gasteiger partial charge is 0.294 e. The Bertz CT molecular complexity index is 1020. The average molecular weight is 385 g/mol. The van der Waals surface area contributed by atoms with Crippen LogP contribution in [0.25, 0.3) is 10.2 Å². The highest BCUT2D eigenvalue weighted by Gasteiger charge is 2.16. The Labute approximate surface area is 162 Å². The van der Waals surface area contributed by atoms with Crippen molar-refractivity contribution < 1.29 is 4.79 Å². The standard InChI is InChI=1S/C20H24N4O2S/c1-5-14-6-8-15(9-7-14)10-21-16(25)11-24-20(26)17-18(13(4)23-24)27-19(22-17)12(2)3/h6-9,12H,5,10-11H2,1-4H3,(H,21,25). The van der Waals surface area contributed by atoms with Gasteiger partial charge in [0.25, 0.3) is 5.56 Å². The second-order valence-electron chi connectivity index (χ2n) is 6.88. The van der Waals surface area contributed by atoms with Crippen molar-refractivity contribution in [2.75, 3.05) is 0 Å². The van der Waals surface area contributed by atoms with Crippen LogP contribution in [0.1, 0.15) is 48.5 Å². The fourth-order valence-electron chi connectivity index (χ4n) is 2.76. The van der Waals surface area contributed by atoms with Gasteiger partial charge in [0.15, 0.2) is 5.52 Å². The summed E-state index contributed by atoms with van der Waals surface area (Å²) in [6.45, 7) is 8.34. The molecule has 0 saturated heterocycles. The molecule has 0 unspecified atom stereocenters. The summed E-state index contributed by atoms with van der Waals surface area (Å²) in [7, 11) is 0. The van der Waals surface area contributed by atoms with Crippen LogP contribution in [0, 0.1) is 6.92 Å². The average Bonchev–Trinajstić information content (AvgIpc) is 3.11. The molecule has 0 bridgehead atoms. The molecule has 3 aromatic rings. The third-order valence-corrected chi connectivity index (χ3v) is 5.85. The van der Waals surface area contributed by atoms with Crippen LogP contribution in [-0.4, -0.2) is 20.7 Å². The van der Waals surface area contributed by atoms with Crippen LogP contribution in [-0.2, 0) is 24.3 Å². The van der Waals surface area contributed by atoms with Gasteiger partial charge in [-0.1, -0.05) is 45.0 Å². The lowest BCUT2D eigenvalue weighted by molar-refractivity contribution is -0.122. The molecule has 0 radical (unpaired) electrons. The molecular weight excluding hydrogens is 360 g/mol. The van der Waals surface area contributed by atoms with Crippen molar-refractivity contribution in [2.45, 2.75) is 53.1 Å². The largest absolute Gasteiger partial charge is 0.350 e. The molecule has 2 aromatic heterocycles. The minimum Gasteiger partial charge on any atom is -0.350 e. The summed E-state index contributed by atoms with van der Waals surface area (Å²) in [6, 6.07) is 8.11. The van der Waals surface area contributed by atoms with E-state index >= 15 is 0 Å². The third-order valence-electron chi connectivity index (χ3n) is 4.39. The van der Waals surface area contributed by atoms with Gasteiger partial charge in [-0.15, -0.1) is 11.3 Å². The number of hydrogen-bond acceptors (Lipinski definition) is 5. The molecule has 0 aliphatic heterocycles. The van der Waals surface area contributed by atoms with Crippen molar-refractivity contribution in [1.29, 1.82) is 0 Å².